The summed E-state index contributed by atoms with van der Waals surface area (Å²) < 4.78 is 1.91. The van der Waals surface area contributed by atoms with Crippen molar-refractivity contribution in [2.24, 2.45) is 0 Å². The Kier molecular flexibility index (Phi) is 1.98. The van der Waals surface area contributed by atoms with Gasteiger partial charge in [-0.05, 0) is 12.1 Å². The second kappa shape index (κ2) is 3.34. The maximum Gasteiger partial charge on any atom is 0.279 e. The molecule has 0 saturated carbocycles. The number of hydrogen-bond acceptors (Lipinski definition) is 1. The largest absolute Gasteiger partial charge is 0.556 e. The van der Waals surface area contributed by atoms with Crippen LogP contribution in [0.4, 0.5) is 0 Å². The molecule has 1 heterocycles. The number of rotatable bonds is 0. The summed E-state index contributed by atoms with van der Waals surface area (Å²) in [5, 5.41) is 12.8. The van der Waals surface area contributed by atoms with Gasteiger partial charge in [-0.3, -0.25) is 0 Å². The first-order chi connectivity index (χ1) is 7.36. The third-order valence-corrected chi connectivity index (χ3v) is 3.57. The molecule has 0 bridgehead atoms. The number of hydrogen-bond donors (Lipinski definition) is 0. The van der Waals surface area contributed by atoms with Crippen LogP contribution in [0.1, 0.15) is 0 Å². The summed E-state index contributed by atoms with van der Waals surface area (Å²) in [4.78, 5) is 0. The van der Waals surface area contributed by atoms with E-state index in [-0.39, 0.29) is 8.81 Å². The molecule has 3 heteroatoms. The Morgan fingerprint density at radius 2 is 1.53 bits per heavy atom. The fraction of sp³-hybridized carbons (Fsp3) is 0. The molecule has 2 aromatic carbocycles. The van der Waals surface area contributed by atoms with E-state index in [9.17, 15) is 5.26 Å². The van der Waals surface area contributed by atoms with E-state index < -0.39 is 0 Å². The SMILES string of the molecule is [O-][O+]1Pc2ccccc2-c2ccccc21. The summed E-state index contributed by atoms with van der Waals surface area (Å²) >= 11 is 0. The molecule has 1 unspecified atom stereocenters. The number of benzene rings is 2. The summed E-state index contributed by atoms with van der Waals surface area (Å²) in [5.74, 6) is 0.703. The third-order valence-electron chi connectivity index (χ3n) is 2.51. The summed E-state index contributed by atoms with van der Waals surface area (Å²) in [6.07, 6.45) is 0. The monoisotopic (exact) mass is 216 g/mol. The van der Waals surface area contributed by atoms with Gasteiger partial charge in [0.2, 0.25) is 0 Å². The van der Waals surface area contributed by atoms with Crippen molar-refractivity contribution in [1.29, 1.82) is 0 Å². The van der Waals surface area contributed by atoms with Crippen molar-refractivity contribution >= 4 is 14.1 Å². The maximum atomic E-state index is 11.7. The highest BCUT2D eigenvalue weighted by Crippen LogP contribution is 2.45. The van der Waals surface area contributed by atoms with Gasteiger partial charge in [0.25, 0.3) is 14.6 Å². The Morgan fingerprint density at radius 3 is 2.40 bits per heavy atom. The standard InChI is InChI=1S/C12H9O2P/c13-14-11-7-3-1-5-9(11)10-6-2-4-8-12(10)15-14/h1-8,15H. The molecular formula is C12H9O2P. The van der Waals surface area contributed by atoms with E-state index >= 15 is 0 Å². The van der Waals surface area contributed by atoms with Crippen LogP contribution in [-0.4, -0.2) is 0 Å². The van der Waals surface area contributed by atoms with Crippen LogP contribution < -0.4 is 10.6 Å². The lowest BCUT2D eigenvalue weighted by Gasteiger charge is -2.30. The van der Waals surface area contributed by atoms with Crippen LogP contribution in [0.5, 0.6) is 5.75 Å². The van der Waals surface area contributed by atoms with E-state index in [2.05, 4.69) is 6.07 Å². The first-order valence-electron chi connectivity index (χ1n) is 4.73. The number of fused-ring (bicyclic) bond motifs is 3. The lowest BCUT2D eigenvalue weighted by atomic mass is 10.0. The average Bonchev–Trinajstić information content (AvgIpc) is 2.30. The predicted molar refractivity (Wildman–Crippen MR) is 60.4 cm³/mol. The average molecular weight is 216 g/mol. The zero-order valence-electron chi connectivity index (χ0n) is 7.94. The van der Waals surface area contributed by atoms with Crippen LogP contribution >= 0.6 is 8.81 Å². The molecule has 2 aromatic rings. The van der Waals surface area contributed by atoms with Gasteiger partial charge in [0.15, 0.2) is 0 Å². The second-order valence-corrected chi connectivity index (χ2v) is 4.53. The van der Waals surface area contributed by atoms with Gasteiger partial charge in [0.1, 0.15) is 0 Å². The summed E-state index contributed by atoms with van der Waals surface area (Å²) in [7, 11) is 0.108. The van der Waals surface area contributed by atoms with Crippen molar-refractivity contribution in [1.82, 2.24) is 0 Å². The molecule has 0 saturated heterocycles. The van der Waals surface area contributed by atoms with Crippen molar-refractivity contribution < 1.29 is 9.56 Å². The van der Waals surface area contributed by atoms with Crippen molar-refractivity contribution in [3.05, 3.63) is 48.5 Å². The minimum atomic E-state index is 0.108. The Morgan fingerprint density at radius 1 is 0.867 bits per heavy atom. The van der Waals surface area contributed by atoms with Crippen molar-refractivity contribution in [3.8, 4) is 16.9 Å². The fourth-order valence-electron chi connectivity index (χ4n) is 1.81. The Hall–Kier alpha value is -1.37. The Balaban J connectivity index is 2.30. The first-order valence-corrected chi connectivity index (χ1v) is 5.64. The lowest BCUT2D eigenvalue weighted by Crippen LogP contribution is -2.20. The molecule has 1 aliphatic heterocycles. The minimum absolute atomic E-state index is 0.108. The normalized spacial score (nSPS) is 14.9. The molecule has 1 aliphatic rings. The molecule has 0 radical (unpaired) electrons. The van der Waals surface area contributed by atoms with Crippen LogP contribution in [0.3, 0.4) is 0 Å². The number of para-hydroxylation sites is 1. The van der Waals surface area contributed by atoms with Crippen LogP contribution in [0.25, 0.3) is 11.1 Å². The highest BCUT2D eigenvalue weighted by Gasteiger charge is 2.23. The molecule has 0 spiro atoms. The van der Waals surface area contributed by atoms with E-state index in [1.165, 1.54) is 5.56 Å². The quantitative estimate of drug-likeness (QED) is 0.376. The van der Waals surface area contributed by atoms with Gasteiger partial charge in [0.05, 0.1) is 10.9 Å². The predicted octanol–water partition coefficient (Wildman–Crippen LogP) is 2.13. The highest BCUT2D eigenvalue weighted by atomic mass is 31.1. The zero-order chi connectivity index (χ0) is 10.3. The zero-order valence-corrected chi connectivity index (χ0v) is 8.94. The summed E-state index contributed by atoms with van der Waals surface area (Å²) in [6, 6.07) is 15.7. The molecule has 1 atom stereocenters. The molecular weight excluding hydrogens is 207 g/mol. The summed E-state index contributed by atoms with van der Waals surface area (Å²) in [6.45, 7) is 0. The Labute approximate surface area is 89.6 Å². The molecule has 0 aromatic heterocycles. The van der Waals surface area contributed by atoms with E-state index in [1.54, 1.807) is 0 Å². The van der Waals surface area contributed by atoms with E-state index in [0.717, 1.165) is 10.9 Å². The summed E-state index contributed by atoms with van der Waals surface area (Å²) in [5.41, 5.74) is 2.18. The smallest absolute Gasteiger partial charge is 0.279 e. The van der Waals surface area contributed by atoms with Crippen LogP contribution in [0.2, 0.25) is 0 Å². The highest BCUT2D eigenvalue weighted by molar-refractivity contribution is 7.43. The molecule has 0 amide bonds. The van der Waals surface area contributed by atoms with Crippen molar-refractivity contribution in [2.45, 2.75) is 0 Å². The van der Waals surface area contributed by atoms with Crippen molar-refractivity contribution in [3.63, 3.8) is 0 Å². The second-order valence-electron chi connectivity index (χ2n) is 3.41. The van der Waals surface area contributed by atoms with Gasteiger partial charge in [0, 0.05) is 11.6 Å². The van der Waals surface area contributed by atoms with Crippen LogP contribution in [-0.2, 0) is 4.30 Å². The lowest BCUT2D eigenvalue weighted by molar-refractivity contribution is -0.705. The molecule has 3 rings (SSSR count). The molecule has 0 fully saturated rings. The molecule has 15 heavy (non-hydrogen) atoms. The molecule has 2 nitrogen and oxygen atoms in total. The first kappa shape index (κ1) is 8.90. The van der Waals surface area contributed by atoms with Crippen LogP contribution in [0.15, 0.2) is 48.5 Å². The van der Waals surface area contributed by atoms with Gasteiger partial charge >= 0.3 is 0 Å². The molecule has 0 N–H and O–H groups in total. The fourth-order valence-corrected chi connectivity index (χ4v) is 2.79. The van der Waals surface area contributed by atoms with Crippen molar-refractivity contribution in [2.75, 3.05) is 0 Å². The van der Waals surface area contributed by atoms with E-state index in [4.69, 9.17) is 0 Å². The third kappa shape index (κ3) is 1.34. The Bertz CT molecular complexity index is 510. The topological polar surface area (TPSA) is 25.8 Å². The molecule has 74 valence electrons. The van der Waals surface area contributed by atoms with E-state index in [1.807, 2.05) is 46.8 Å². The maximum absolute atomic E-state index is 11.7. The van der Waals surface area contributed by atoms with Gasteiger partial charge in [-0.15, -0.1) is 0 Å². The van der Waals surface area contributed by atoms with Gasteiger partial charge in [-0.2, -0.15) is 0 Å². The molecule has 0 aliphatic carbocycles. The van der Waals surface area contributed by atoms with Gasteiger partial charge in [-0.25, -0.2) is 0 Å². The van der Waals surface area contributed by atoms with Crippen LogP contribution in [0, 0.1) is 0 Å². The minimum Gasteiger partial charge on any atom is -0.556 e. The van der Waals surface area contributed by atoms with E-state index in [0.29, 0.717) is 5.75 Å². The van der Waals surface area contributed by atoms with Gasteiger partial charge in [-0.1, -0.05) is 30.3 Å². The van der Waals surface area contributed by atoms with Gasteiger partial charge < -0.3 is 9.56 Å².